The molecule has 0 spiro atoms. The lowest BCUT2D eigenvalue weighted by molar-refractivity contribution is -0.119. The molecule has 0 bridgehead atoms. The molecule has 0 saturated carbocycles. The van der Waals surface area contributed by atoms with Crippen molar-refractivity contribution in [2.75, 3.05) is 11.8 Å². The Hall–Kier alpha value is -2.85. The molecule has 23 heavy (non-hydrogen) atoms. The molecule has 0 radical (unpaired) electrons. The van der Waals surface area contributed by atoms with Gasteiger partial charge in [0.1, 0.15) is 0 Å². The highest BCUT2D eigenvalue weighted by Crippen LogP contribution is 2.17. The molecule has 0 atom stereocenters. The summed E-state index contributed by atoms with van der Waals surface area (Å²) in [4.78, 5) is 11.3. The normalized spacial score (nSPS) is 10.6. The van der Waals surface area contributed by atoms with E-state index in [0.717, 1.165) is 5.56 Å². The van der Waals surface area contributed by atoms with Crippen molar-refractivity contribution in [1.29, 1.82) is 5.26 Å². The van der Waals surface area contributed by atoms with Crippen molar-refractivity contribution in [2.45, 2.75) is 11.3 Å². The summed E-state index contributed by atoms with van der Waals surface area (Å²) in [6, 6.07) is 14.2. The highest BCUT2D eigenvalue weighted by atomic mass is 32.2. The summed E-state index contributed by atoms with van der Waals surface area (Å²) in [7, 11) is -2.21. The predicted molar refractivity (Wildman–Crippen MR) is 86.2 cm³/mol. The van der Waals surface area contributed by atoms with E-state index in [0.29, 0.717) is 5.69 Å². The Balaban J connectivity index is 2.17. The Kier molecular flexibility index (Phi) is 4.98. The van der Waals surface area contributed by atoms with Crippen LogP contribution in [0.3, 0.4) is 0 Å². The first-order valence-corrected chi connectivity index (χ1v) is 8.25. The van der Waals surface area contributed by atoms with Crippen molar-refractivity contribution in [3.05, 3.63) is 59.7 Å². The summed E-state index contributed by atoms with van der Waals surface area (Å²) in [6.07, 6.45) is 0.230. The van der Waals surface area contributed by atoms with Crippen molar-refractivity contribution in [3.63, 3.8) is 0 Å². The average molecular weight is 329 g/mol. The molecule has 0 aliphatic rings. The largest absolute Gasteiger partial charge is 0.359 e. The first kappa shape index (κ1) is 16.5. The topological polar surface area (TPSA) is 99.1 Å². The van der Waals surface area contributed by atoms with Gasteiger partial charge in [-0.05, 0) is 35.9 Å². The molecule has 118 valence electrons. The molecule has 0 aromatic heterocycles. The van der Waals surface area contributed by atoms with Gasteiger partial charge >= 0.3 is 0 Å². The van der Waals surface area contributed by atoms with Crippen molar-refractivity contribution in [1.82, 2.24) is 5.32 Å². The average Bonchev–Trinajstić information content (AvgIpc) is 2.56. The smallest absolute Gasteiger partial charge is 0.261 e. The zero-order chi connectivity index (χ0) is 16.9. The van der Waals surface area contributed by atoms with E-state index in [1.807, 2.05) is 6.07 Å². The fourth-order valence-electron chi connectivity index (χ4n) is 1.91. The number of carbonyl (C=O) groups excluding carboxylic acids is 1. The first-order chi connectivity index (χ1) is 10.9. The molecule has 0 fully saturated rings. The van der Waals surface area contributed by atoms with E-state index >= 15 is 0 Å². The van der Waals surface area contributed by atoms with E-state index in [1.54, 1.807) is 31.3 Å². The maximum absolute atomic E-state index is 12.3. The highest BCUT2D eigenvalue weighted by Gasteiger charge is 2.14. The van der Waals surface area contributed by atoms with E-state index in [4.69, 9.17) is 5.26 Å². The predicted octanol–water partition coefficient (Wildman–Crippen LogP) is 1.65. The number of sulfonamides is 1. The van der Waals surface area contributed by atoms with Gasteiger partial charge in [0.15, 0.2) is 0 Å². The van der Waals surface area contributed by atoms with Gasteiger partial charge in [-0.2, -0.15) is 5.26 Å². The third-order valence-corrected chi connectivity index (χ3v) is 4.50. The molecular formula is C16H15N3O3S. The van der Waals surface area contributed by atoms with Crippen LogP contribution in [-0.2, 0) is 21.2 Å². The molecule has 1 amide bonds. The van der Waals surface area contributed by atoms with E-state index in [2.05, 4.69) is 10.0 Å². The van der Waals surface area contributed by atoms with Crippen molar-refractivity contribution < 1.29 is 13.2 Å². The number of hydrogen-bond donors (Lipinski definition) is 2. The van der Waals surface area contributed by atoms with E-state index in [-0.39, 0.29) is 22.8 Å². The third-order valence-electron chi connectivity index (χ3n) is 3.12. The van der Waals surface area contributed by atoms with Crippen LogP contribution < -0.4 is 10.0 Å². The second-order valence-electron chi connectivity index (χ2n) is 4.79. The number of likely N-dealkylation sites (N-methyl/N-ethyl adjacent to an activating group) is 1. The summed E-state index contributed by atoms with van der Waals surface area (Å²) >= 11 is 0. The number of carbonyl (C=O) groups is 1. The molecule has 0 unspecified atom stereocenters. The molecule has 0 saturated heterocycles. The van der Waals surface area contributed by atoms with Crippen molar-refractivity contribution >= 4 is 21.6 Å². The third kappa shape index (κ3) is 4.31. The molecule has 6 nitrogen and oxygen atoms in total. The van der Waals surface area contributed by atoms with Crippen LogP contribution in [0.1, 0.15) is 11.1 Å². The molecule has 2 aromatic carbocycles. The Labute approximate surface area is 134 Å². The minimum atomic E-state index is -3.77. The van der Waals surface area contributed by atoms with Gasteiger partial charge in [-0.1, -0.05) is 18.2 Å². The summed E-state index contributed by atoms with van der Waals surface area (Å²) in [5, 5.41) is 11.4. The van der Waals surface area contributed by atoms with Gasteiger partial charge < -0.3 is 5.32 Å². The number of nitrogens with one attached hydrogen (secondary N) is 2. The number of rotatable bonds is 5. The van der Waals surface area contributed by atoms with E-state index in [9.17, 15) is 13.2 Å². The lowest BCUT2D eigenvalue weighted by atomic mass is 10.1. The van der Waals surface area contributed by atoms with Crippen LogP contribution in [0.25, 0.3) is 0 Å². The zero-order valence-corrected chi connectivity index (χ0v) is 13.2. The minimum Gasteiger partial charge on any atom is -0.359 e. The molecule has 2 N–H and O–H groups in total. The number of benzene rings is 2. The van der Waals surface area contributed by atoms with Gasteiger partial charge in [0, 0.05) is 12.7 Å². The highest BCUT2D eigenvalue weighted by molar-refractivity contribution is 7.92. The van der Waals surface area contributed by atoms with Crippen molar-refractivity contribution in [2.24, 2.45) is 0 Å². The number of nitriles is 1. The molecule has 0 heterocycles. The number of amides is 1. The maximum Gasteiger partial charge on any atom is 0.261 e. The van der Waals surface area contributed by atoms with Gasteiger partial charge in [-0.15, -0.1) is 0 Å². The lowest BCUT2D eigenvalue weighted by Gasteiger charge is -2.09. The zero-order valence-electron chi connectivity index (χ0n) is 12.4. The Bertz CT molecular complexity index is 853. The lowest BCUT2D eigenvalue weighted by Crippen LogP contribution is -2.19. The monoisotopic (exact) mass is 329 g/mol. The van der Waals surface area contributed by atoms with Crippen LogP contribution in [0.5, 0.6) is 0 Å². The molecule has 2 rings (SSSR count). The Morgan fingerprint density at radius 2 is 1.87 bits per heavy atom. The number of anilines is 1. The minimum absolute atomic E-state index is 0.0194. The fraction of sp³-hybridized carbons (Fsp3) is 0.125. The second kappa shape index (κ2) is 6.94. The van der Waals surface area contributed by atoms with Crippen LogP contribution in [0.2, 0.25) is 0 Å². The van der Waals surface area contributed by atoms with Gasteiger partial charge in [0.25, 0.3) is 10.0 Å². The summed E-state index contributed by atoms with van der Waals surface area (Å²) in [5.74, 6) is -0.119. The molecular weight excluding hydrogens is 314 g/mol. The Morgan fingerprint density at radius 3 is 2.48 bits per heavy atom. The molecule has 2 aromatic rings. The van der Waals surface area contributed by atoms with E-state index in [1.165, 1.54) is 24.3 Å². The van der Waals surface area contributed by atoms with Gasteiger partial charge in [-0.25, -0.2) is 8.42 Å². The summed E-state index contributed by atoms with van der Waals surface area (Å²) in [6.45, 7) is 0. The number of hydrogen-bond acceptors (Lipinski definition) is 4. The van der Waals surface area contributed by atoms with Gasteiger partial charge in [-0.3, -0.25) is 9.52 Å². The van der Waals surface area contributed by atoms with Crippen LogP contribution >= 0.6 is 0 Å². The summed E-state index contributed by atoms with van der Waals surface area (Å²) in [5.41, 5.74) is 1.43. The molecule has 7 heteroatoms. The fourth-order valence-corrected chi connectivity index (χ4v) is 3.02. The van der Waals surface area contributed by atoms with Gasteiger partial charge in [0.2, 0.25) is 5.91 Å². The number of nitrogens with zero attached hydrogens (tertiary/aromatic N) is 1. The summed E-state index contributed by atoms with van der Waals surface area (Å²) < 4.78 is 27.0. The molecule has 0 aliphatic heterocycles. The van der Waals surface area contributed by atoms with Crippen LogP contribution in [0, 0.1) is 11.3 Å². The maximum atomic E-state index is 12.3. The van der Waals surface area contributed by atoms with Crippen LogP contribution in [-0.4, -0.2) is 21.4 Å². The molecule has 0 aliphatic carbocycles. The standard InChI is InChI=1S/C16H15N3O3S/c1-18-16(20)10-12-5-7-14(8-6-12)19-23(21,22)15-4-2-3-13(9-15)11-17/h2-9,19H,10H2,1H3,(H,18,20). The van der Waals surface area contributed by atoms with E-state index < -0.39 is 10.0 Å². The first-order valence-electron chi connectivity index (χ1n) is 6.77. The van der Waals surface area contributed by atoms with Crippen LogP contribution in [0.15, 0.2) is 53.4 Å². The Morgan fingerprint density at radius 1 is 1.17 bits per heavy atom. The quantitative estimate of drug-likeness (QED) is 0.871. The second-order valence-corrected chi connectivity index (χ2v) is 6.47. The van der Waals surface area contributed by atoms with Crippen molar-refractivity contribution in [3.8, 4) is 6.07 Å². The van der Waals surface area contributed by atoms with Crippen LogP contribution in [0.4, 0.5) is 5.69 Å². The van der Waals surface area contributed by atoms with Gasteiger partial charge in [0.05, 0.1) is 22.9 Å². The SMILES string of the molecule is CNC(=O)Cc1ccc(NS(=O)(=O)c2cccc(C#N)c2)cc1.